The Morgan fingerprint density at radius 1 is 1.00 bits per heavy atom. The van der Waals surface area contributed by atoms with Crippen LogP contribution in [0.3, 0.4) is 0 Å². The lowest BCUT2D eigenvalue weighted by molar-refractivity contribution is -0.384. The first-order valence-corrected chi connectivity index (χ1v) is 11.6. The van der Waals surface area contributed by atoms with E-state index < -0.39 is 16.1 Å². The van der Waals surface area contributed by atoms with Crippen LogP contribution >= 0.6 is 46.6 Å². The van der Waals surface area contributed by atoms with E-state index in [0.29, 0.717) is 21.8 Å². The van der Waals surface area contributed by atoms with Gasteiger partial charge in [0.05, 0.1) is 25.6 Å². The van der Waals surface area contributed by atoms with Crippen molar-refractivity contribution < 1.29 is 19.2 Å². The summed E-state index contributed by atoms with van der Waals surface area (Å²) in [6.07, 6.45) is 1.52. The van der Waals surface area contributed by atoms with Gasteiger partial charge in [-0.15, -0.1) is 0 Å². The number of anilines is 1. The van der Waals surface area contributed by atoms with E-state index in [1.165, 1.54) is 18.2 Å². The lowest BCUT2D eigenvalue weighted by atomic mass is 10.2. The van der Waals surface area contributed by atoms with Crippen LogP contribution in [0, 0.1) is 10.1 Å². The Bertz CT molecular complexity index is 1320. The monoisotopic (exact) mass is 534 g/mol. The standard InChI is InChI=1S/C23H13Cl3N2O5S/c24-15-4-6-16(7-5-15)27-22(29)20(34-23(27)30)11-14-9-18(25)21(19(26)10-14)33-12-13-2-1-3-17(8-13)28(31)32/h1-11H,12H2/b20-11+. The molecule has 1 aliphatic heterocycles. The second-order valence-electron chi connectivity index (χ2n) is 7.02. The van der Waals surface area contributed by atoms with Crippen molar-refractivity contribution in [1.29, 1.82) is 0 Å². The Morgan fingerprint density at radius 3 is 2.32 bits per heavy atom. The lowest BCUT2D eigenvalue weighted by Gasteiger charge is -2.12. The van der Waals surface area contributed by atoms with E-state index in [1.54, 1.807) is 48.5 Å². The lowest BCUT2D eigenvalue weighted by Crippen LogP contribution is -2.27. The maximum absolute atomic E-state index is 12.8. The SMILES string of the molecule is O=C1S/C(=C/c2cc(Cl)c(OCc3cccc([N+](=O)[O-])c3)c(Cl)c2)C(=O)N1c1ccc(Cl)cc1. The van der Waals surface area contributed by atoms with Crippen molar-refractivity contribution >= 4 is 75.2 Å². The Hall–Kier alpha value is -3.04. The highest BCUT2D eigenvalue weighted by atomic mass is 35.5. The van der Waals surface area contributed by atoms with Crippen LogP contribution in [-0.2, 0) is 11.4 Å². The zero-order valence-electron chi connectivity index (χ0n) is 17.0. The fourth-order valence-corrected chi connectivity index (χ4v) is 4.73. The van der Waals surface area contributed by atoms with E-state index in [0.717, 1.165) is 16.7 Å². The van der Waals surface area contributed by atoms with Crippen LogP contribution in [0.4, 0.5) is 16.2 Å². The van der Waals surface area contributed by atoms with Gasteiger partial charge in [0.2, 0.25) is 0 Å². The van der Waals surface area contributed by atoms with Gasteiger partial charge in [-0.1, -0.05) is 46.9 Å². The van der Waals surface area contributed by atoms with Crippen LogP contribution in [0.25, 0.3) is 6.08 Å². The first-order valence-electron chi connectivity index (χ1n) is 9.61. The largest absolute Gasteiger partial charge is 0.486 e. The van der Waals surface area contributed by atoms with E-state index in [9.17, 15) is 19.7 Å². The number of hydrogen-bond acceptors (Lipinski definition) is 6. The van der Waals surface area contributed by atoms with Crippen molar-refractivity contribution in [2.24, 2.45) is 0 Å². The molecule has 1 aliphatic rings. The molecule has 1 fully saturated rings. The second kappa shape index (κ2) is 10.1. The van der Waals surface area contributed by atoms with Gasteiger partial charge in [-0.2, -0.15) is 0 Å². The average Bonchev–Trinajstić information content (AvgIpc) is 3.06. The number of nitro groups is 1. The highest BCUT2D eigenvalue weighted by Crippen LogP contribution is 2.39. The molecule has 2 amide bonds. The van der Waals surface area contributed by atoms with Crippen LogP contribution in [0.2, 0.25) is 15.1 Å². The molecule has 4 rings (SSSR count). The smallest absolute Gasteiger partial charge is 0.298 e. The fraction of sp³-hybridized carbons (Fsp3) is 0.0435. The zero-order chi connectivity index (χ0) is 24.4. The van der Waals surface area contributed by atoms with Crippen LogP contribution in [-0.4, -0.2) is 16.1 Å². The predicted octanol–water partition coefficient (Wildman–Crippen LogP) is 7.37. The van der Waals surface area contributed by atoms with Crippen molar-refractivity contribution in [1.82, 2.24) is 0 Å². The Labute approximate surface area is 213 Å². The number of nitro benzene ring substituents is 1. The van der Waals surface area contributed by atoms with Gasteiger partial charge in [-0.25, -0.2) is 4.90 Å². The van der Waals surface area contributed by atoms with E-state index in [2.05, 4.69) is 0 Å². The number of hydrogen-bond donors (Lipinski definition) is 0. The van der Waals surface area contributed by atoms with Crippen molar-refractivity contribution in [2.75, 3.05) is 4.90 Å². The normalized spacial score (nSPS) is 14.7. The molecular weight excluding hydrogens is 523 g/mol. The molecule has 0 bridgehead atoms. The van der Waals surface area contributed by atoms with Gasteiger partial charge >= 0.3 is 0 Å². The summed E-state index contributed by atoms with van der Waals surface area (Å²) in [5.41, 5.74) is 1.43. The summed E-state index contributed by atoms with van der Waals surface area (Å²) in [7, 11) is 0. The van der Waals surface area contributed by atoms with E-state index in [-0.39, 0.29) is 33.0 Å². The van der Waals surface area contributed by atoms with Crippen molar-refractivity contribution in [3.05, 3.63) is 102 Å². The number of nitrogens with zero attached hydrogens (tertiary/aromatic N) is 2. The maximum Gasteiger partial charge on any atom is 0.298 e. The average molecular weight is 536 g/mol. The van der Waals surface area contributed by atoms with Gasteiger partial charge in [0.15, 0.2) is 5.75 Å². The second-order valence-corrected chi connectivity index (χ2v) is 9.27. The minimum absolute atomic E-state index is 0.0143. The number of halogens is 3. The van der Waals surface area contributed by atoms with Gasteiger partial charge in [0, 0.05) is 17.2 Å². The third kappa shape index (κ3) is 5.20. The summed E-state index contributed by atoms with van der Waals surface area (Å²) < 4.78 is 5.68. The highest BCUT2D eigenvalue weighted by Gasteiger charge is 2.36. The molecule has 34 heavy (non-hydrogen) atoms. The van der Waals surface area contributed by atoms with E-state index in [1.807, 2.05) is 0 Å². The molecule has 0 unspecified atom stereocenters. The van der Waals surface area contributed by atoms with Crippen LogP contribution < -0.4 is 9.64 Å². The third-order valence-corrected chi connectivity index (χ3v) is 6.38. The summed E-state index contributed by atoms with van der Waals surface area (Å²) >= 11 is 19.4. The highest BCUT2D eigenvalue weighted by molar-refractivity contribution is 8.19. The molecule has 1 heterocycles. The molecule has 7 nitrogen and oxygen atoms in total. The Kier molecular flexibility index (Phi) is 7.13. The molecule has 1 saturated heterocycles. The molecule has 3 aromatic rings. The minimum atomic E-state index is -0.493. The van der Waals surface area contributed by atoms with Crippen molar-refractivity contribution in [3.63, 3.8) is 0 Å². The quantitative estimate of drug-likeness (QED) is 0.186. The molecule has 0 N–H and O–H groups in total. The number of amides is 2. The molecule has 172 valence electrons. The molecule has 0 spiro atoms. The van der Waals surface area contributed by atoms with Crippen LogP contribution in [0.15, 0.2) is 65.6 Å². The first-order chi connectivity index (χ1) is 16.2. The maximum atomic E-state index is 12.8. The van der Waals surface area contributed by atoms with E-state index >= 15 is 0 Å². The van der Waals surface area contributed by atoms with Gasteiger partial charge in [-0.05, 0) is 65.4 Å². The minimum Gasteiger partial charge on any atom is -0.486 e. The van der Waals surface area contributed by atoms with Crippen LogP contribution in [0.5, 0.6) is 5.75 Å². The number of carbonyl (C=O) groups excluding carboxylic acids is 2. The Balaban J connectivity index is 1.53. The Morgan fingerprint density at radius 2 is 1.68 bits per heavy atom. The molecule has 0 radical (unpaired) electrons. The van der Waals surface area contributed by atoms with Gasteiger partial charge in [0.25, 0.3) is 16.8 Å². The number of carbonyl (C=O) groups is 2. The molecule has 0 aliphatic carbocycles. The molecule has 0 aromatic heterocycles. The summed E-state index contributed by atoms with van der Waals surface area (Å²) in [5.74, 6) is -0.281. The number of rotatable bonds is 6. The fourth-order valence-electron chi connectivity index (χ4n) is 3.15. The summed E-state index contributed by atoms with van der Waals surface area (Å²) in [6.45, 7) is 0.0143. The number of benzene rings is 3. The number of non-ortho nitro benzene ring substituents is 1. The third-order valence-electron chi connectivity index (χ3n) is 4.70. The zero-order valence-corrected chi connectivity index (χ0v) is 20.1. The summed E-state index contributed by atoms with van der Waals surface area (Å²) in [5, 5.41) is 11.4. The summed E-state index contributed by atoms with van der Waals surface area (Å²) in [4.78, 5) is 37.0. The first kappa shape index (κ1) is 24.1. The molecule has 11 heteroatoms. The predicted molar refractivity (Wildman–Crippen MR) is 134 cm³/mol. The van der Waals surface area contributed by atoms with Gasteiger partial charge in [-0.3, -0.25) is 19.7 Å². The topological polar surface area (TPSA) is 89.7 Å². The summed E-state index contributed by atoms with van der Waals surface area (Å²) in [6, 6.07) is 15.5. The van der Waals surface area contributed by atoms with E-state index in [4.69, 9.17) is 39.5 Å². The number of imide groups is 1. The van der Waals surface area contributed by atoms with Crippen molar-refractivity contribution in [3.8, 4) is 5.75 Å². The molecular formula is C23H13Cl3N2O5S. The van der Waals surface area contributed by atoms with Gasteiger partial charge < -0.3 is 4.74 Å². The molecule has 3 aromatic carbocycles. The van der Waals surface area contributed by atoms with Gasteiger partial charge in [0.1, 0.15) is 6.61 Å². The van der Waals surface area contributed by atoms with Crippen molar-refractivity contribution in [2.45, 2.75) is 6.61 Å². The molecule has 0 saturated carbocycles. The molecule has 0 atom stereocenters. The number of ether oxygens (including phenoxy) is 1. The van der Waals surface area contributed by atoms with Crippen LogP contribution in [0.1, 0.15) is 11.1 Å². The number of thioether (sulfide) groups is 1.